The lowest BCUT2D eigenvalue weighted by molar-refractivity contribution is -0.121. The molecule has 1 aromatic carbocycles. The van der Waals surface area contributed by atoms with Gasteiger partial charge in [0.1, 0.15) is 5.82 Å². The number of ketones is 1. The van der Waals surface area contributed by atoms with Gasteiger partial charge in [-0.25, -0.2) is 4.39 Å². The number of hydrogen-bond acceptors (Lipinski definition) is 3. The molecule has 5 heteroatoms. The molecule has 0 aliphatic heterocycles. The van der Waals surface area contributed by atoms with E-state index < -0.39 is 0 Å². The van der Waals surface area contributed by atoms with E-state index in [0.29, 0.717) is 31.6 Å². The molecule has 0 aliphatic carbocycles. The number of hydrogen-bond donors (Lipinski definition) is 1. The Hall–Kier alpha value is -1.75. The van der Waals surface area contributed by atoms with Crippen molar-refractivity contribution >= 4 is 11.7 Å². The summed E-state index contributed by atoms with van der Waals surface area (Å²) in [5, 5.41) is 2.73. The molecule has 0 spiro atoms. The normalized spacial score (nSPS) is 10.7. The quantitative estimate of drug-likeness (QED) is 0.563. The molecule has 116 valence electrons. The van der Waals surface area contributed by atoms with Gasteiger partial charge in [0, 0.05) is 24.9 Å². The Bertz CT molecular complexity index is 457. The van der Waals surface area contributed by atoms with Crippen molar-refractivity contribution in [2.45, 2.75) is 39.2 Å². The van der Waals surface area contributed by atoms with Gasteiger partial charge in [0.05, 0.1) is 12.7 Å². The van der Waals surface area contributed by atoms with Crippen molar-refractivity contribution in [1.82, 2.24) is 5.32 Å². The summed E-state index contributed by atoms with van der Waals surface area (Å²) < 4.78 is 18.0. The lowest BCUT2D eigenvalue weighted by Gasteiger charge is -2.08. The van der Waals surface area contributed by atoms with Crippen LogP contribution in [0.15, 0.2) is 24.3 Å². The minimum Gasteiger partial charge on any atom is -0.377 e. The number of Topliss-reactive ketones (excluding diaryl/α,β-unsaturated/α-hetero) is 1. The summed E-state index contributed by atoms with van der Waals surface area (Å²) in [5.41, 5.74) is 0.474. The third-order valence-corrected chi connectivity index (χ3v) is 2.85. The second-order valence-corrected chi connectivity index (χ2v) is 5.05. The maximum atomic E-state index is 12.7. The van der Waals surface area contributed by atoms with E-state index in [1.54, 1.807) is 0 Å². The molecule has 1 N–H and O–H groups in total. The molecule has 0 aromatic heterocycles. The Labute approximate surface area is 124 Å². The van der Waals surface area contributed by atoms with E-state index in [4.69, 9.17) is 4.74 Å². The van der Waals surface area contributed by atoms with Crippen LogP contribution in [0.4, 0.5) is 4.39 Å². The van der Waals surface area contributed by atoms with E-state index in [1.807, 2.05) is 13.8 Å². The zero-order valence-electron chi connectivity index (χ0n) is 12.5. The summed E-state index contributed by atoms with van der Waals surface area (Å²) in [5.74, 6) is -0.533. The topological polar surface area (TPSA) is 55.4 Å². The van der Waals surface area contributed by atoms with Crippen LogP contribution < -0.4 is 5.32 Å². The van der Waals surface area contributed by atoms with E-state index in [2.05, 4.69) is 5.32 Å². The van der Waals surface area contributed by atoms with Crippen LogP contribution in [-0.2, 0) is 9.53 Å². The first-order chi connectivity index (χ1) is 9.99. The summed E-state index contributed by atoms with van der Waals surface area (Å²) >= 11 is 0. The summed E-state index contributed by atoms with van der Waals surface area (Å²) in [4.78, 5) is 23.3. The Morgan fingerprint density at radius 2 is 1.86 bits per heavy atom. The SMILES string of the molecule is CC(C)OCCNC(=O)CCCC(=O)c1ccc(F)cc1. The minimum absolute atomic E-state index is 0.0778. The first-order valence-corrected chi connectivity index (χ1v) is 7.16. The van der Waals surface area contributed by atoms with Crippen molar-refractivity contribution < 1.29 is 18.7 Å². The highest BCUT2D eigenvalue weighted by atomic mass is 19.1. The molecule has 0 aliphatic rings. The lowest BCUT2D eigenvalue weighted by atomic mass is 10.1. The minimum atomic E-state index is -0.366. The fraction of sp³-hybridized carbons (Fsp3) is 0.500. The Morgan fingerprint density at radius 3 is 2.48 bits per heavy atom. The fourth-order valence-corrected chi connectivity index (χ4v) is 1.76. The summed E-state index contributed by atoms with van der Waals surface area (Å²) in [6, 6.07) is 5.44. The standard InChI is InChI=1S/C16H22FNO3/c1-12(2)21-11-10-18-16(20)5-3-4-15(19)13-6-8-14(17)9-7-13/h6-9,12H,3-5,10-11H2,1-2H3,(H,18,20). The number of rotatable bonds is 9. The highest BCUT2D eigenvalue weighted by molar-refractivity contribution is 5.96. The van der Waals surface area contributed by atoms with Gasteiger partial charge in [-0.15, -0.1) is 0 Å². The molecule has 0 fully saturated rings. The van der Waals surface area contributed by atoms with Gasteiger partial charge in [0.2, 0.25) is 5.91 Å². The molecule has 0 saturated carbocycles. The number of amides is 1. The zero-order chi connectivity index (χ0) is 15.7. The fourth-order valence-electron chi connectivity index (χ4n) is 1.76. The Kier molecular flexibility index (Phi) is 7.61. The van der Waals surface area contributed by atoms with Crippen LogP contribution >= 0.6 is 0 Å². The molecule has 1 rings (SSSR count). The number of ether oxygens (including phenoxy) is 1. The lowest BCUT2D eigenvalue weighted by Crippen LogP contribution is -2.27. The first kappa shape index (κ1) is 17.3. The summed E-state index contributed by atoms with van der Waals surface area (Å²) in [6.45, 7) is 4.83. The molecular weight excluding hydrogens is 273 g/mol. The number of carbonyl (C=O) groups excluding carboxylic acids is 2. The van der Waals surface area contributed by atoms with E-state index in [0.717, 1.165) is 0 Å². The molecule has 0 atom stereocenters. The van der Waals surface area contributed by atoms with Gasteiger partial charge < -0.3 is 10.1 Å². The van der Waals surface area contributed by atoms with E-state index in [9.17, 15) is 14.0 Å². The van der Waals surface area contributed by atoms with Crippen molar-refractivity contribution in [2.75, 3.05) is 13.2 Å². The molecular formula is C16H22FNO3. The van der Waals surface area contributed by atoms with Gasteiger partial charge in [-0.3, -0.25) is 9.59 Å². The second kappa shape index (κ2) is 9.23. The number of benzene rings is 1. The number of carbonyl (C=O) groups is 2. The van der Waals surface area contributed by atoms with Crippen molar-refractivity contribution in [3.63, 3.8) is 0 Å². The van der Waals surface area contributed by atoms with Crippen molar-refractivity contribution in [2.24, 2.45) is 0 Å². The highest BCUT2D eigenvalue weighted by Gasteiger charge is 2.07. The third kappa shape index (κ3) is 7.56. The Morgan fingerprint density at radius 1 is 1.19 bits per heavy atom. The maximum Gasteiger partial charge on any atom is 0.220 e. The van der Waals surface area contributed by atoms with Crippen LogP contribution in [-0.4, -0.2) is 30.9 Å². The van der Waals surface area contributed by atoms with Crippen molar-refractivity contribution in [3.8, 4) is 0 Å². The van der Waals surface area contributed by atoms with E-state index in [-0.39, 0.29) is 30.0 Å². The van der Waals surface area contributed by atoms with Gasteiger partial charge >= 0.3 is 0 Å². The Balaban J connectivity index is 2.16. The highest BCUT2D eigenvalue weighted by Crippen LogP contribution is 2.08. The van der Waals surface area contributed by atoms with Crippen molar-refractivity contribution in [3.05, 3.63) is 35.6 Å². The average Bonchev–Trinajstić information content (AvgIpc) is 2.44. The molecule has 1 aromatic rings. The molecule has 21 heavy (non-hydrogen) atoms. The van der Waals surface area contributed by atoms with Crippen LogP contribution in [0, 0.1) is 5.82 Å². The number of nitrogens with one attached hydrogen (secondary N) is 1. The maximum absolute atomic E-state index is 12.7. The van der Waals surface area contributed by atoms with Gasteiger partial charge in [0.25, 0.3) is 0 Å². The first-order valence-electron chi connectivity index (χ1n) is 7.16. The predicted molar refractivity (Wildman–Crippen MR) is 78.7 cm³/mol. The molecule has 0 unspecified atom stereocenters. The van der Waals surface area contributed by atoms with Gasteiger partial charge in [0.15, 0.2) is 5.78 Å². The van der Waals surface area contributed by atoms with Crippen LogP contribution in [0.25, 0.3) is 0 Å². The molecule has 4 nitrogen and oxygen atoms in total. The summed E-state index contributed by atoms with van der Waals surface area (Å²) in [6.07, 6.45) is 1.21. The van der Waals surface area contributed by atoms with Crippen LogP contribution in [0.3, 0.4) is 0 Å². The molecule has 0 saturated heterocycles. The van der Waals surface area contributed by atoms with Crippen molar-refractivity contribution in [1.29, 1.82) is 0 Å². The molecule has 1 amide bonds. The second-order valence-electron chi connectivity index (χ2n) is 5.05. The molecule has 0 heterocycles. The average molecular weight is 295 g/mol. The largest absolute Gasteiger partial charge is 0.377 e. The van der Waals surface area contributed by atoms with Gasteiger partial charge in [-0.1, -0.05) is 0 Å². The summed E-state index contributed by atoms with van der Waals surface area (Å²) in [7, 11) is 0. The monoisotopic (exact) mass is 295 g/mol. The van der Waals surface area contributed by atoms with Gasteiger partial charge in [-0.2, -0.15) is 0 Å². The van der Waals surface area contributed by atoms with Crippen LogP contribution in [0.2, 0.25) is 0 Å². The molecule has 0 bridgehead atoms. The smallest absolute Gasteiger partial charge is 0.220 e. The zero-order valence-corrected chi connectivity index (χ0v) is 12.5. The van der Waals surface area contributed by atoms with Crippen LogP contribution in [0.1, 0.15) is 43.5 Å². The van der Waals surface area contributed by atoms with Crippen LogP contribution in [0.5, 0.6) is 0 Å². The molecule has 0 radical (unpaired) electrons. The van der Waals surface area contributed by atoms with E-state index >= 15 is 0 Å². The van der Waals surface area contributed by atoms with Gasteiger partial charge in [-0.05, 0) is 44.5 Å². The predicted octanol–water partition coefficient (Wildman–Crippen LogP) is 2.72. The third-order valence-electron chi connectivity index (χ3n) is 2.85. The van der Waals surface area contributed by atoms with E-state index in [1.165, 1.54) is 24.3 Å². The number of halogens is 1.